The van der Waals surface area contributed by atoms with Crippen molar-refractivity contribution in [3.8, 4) is 0 Å². The summed E-state index contributed by atoms with van der Waals surface area (Å²) in [6.07, 6.45) is 0.374. The van der Waals surface area contributed by atoms with Gasteiger partial charge in [-0.15, -0.1) is 0 Å². The Morgan fingerprint density at radius 3 is 2.00 bits per heavy atom. The Hall–Kier alpha value is -0.0900. The van der Waals surface area contributed by atoms with Gasteiger partial charge in [-0.1, -0.05) is 20.8 Å². The van der Waals surface area contributed by atoms with Gasteiger partial charge in [0.05, 0.1) is 17.1 Å². The lowest BCUT2D eigenvalue weighted by Crippen LogP contribution is -2.43. The molecule has 1 N–H and O–H groups in total. The fourth-order valence-corrected chi connectivity index (χ4v) is 3.52. The van der Waals surface area contributed by atoms with Crippen LogP contribution in [0.3, 0.4) is 0 Å². The molecule has 0 bridgehead atoms. The standard InChI is InChI=1S/C8H16O3S/c1-7(2,3)8(9)4-5-12(10,11)6-8/h9H,4-6H2,1-3H3. The Morgan fingerprint density at radius 1 is 1.33 bits per heavy atom. The molecule has 4 heteroatoms. The molecule has 0 amide bonds. The molecule has 0 radical (unpaired) electrons. The van der Waals surface area contributed by atoms with E-state index in [2.05, 4.69) is 0 Å². The maximum atomic E-state index is 11.1. The van der Waals surface area contributed by atoms with Gasteiger partial charge in [0, 0.05) is 0 Å². The summed E-state index contributed by atoms with van der Waals surface area (Å²) in [7, 11) is -2.99. The van der Waals surface area contributed by atoms with E-state index in [4.69, 9.17) is 0 Å². The second-order valence-electron chi connectivity index (χ2n) is 4.62. The van der Waals surface area contributed by atoms with Crippen molar-refractivity contribution in [2.45, 2.75) is 32.8 Å². The summed E-state index contributed by atoms with van der Waals surface area (Å²) < 4.78 is 22.3. The van der Waals surface area contributed by atoms with Gasteiger partial charge in [0.1, 0.15) is 0 Å². The zero-order chi connectivity index (χ0) is 9.62. The first kappa shape index (κ1) is 9.99. The van der Waals surface area contributed by atoms with Crippen LogP contribution in [-0.2, 0) is 9.84 Å². The average Bonchev–Trinajstić information content (AvgIpc) is 2.05. The maximum Gasteiger partial charge on any atom is 0.153 e. The van der Waals surface area contributed by atoms with Crippen LogP contribution >= 0.6 is 0 Å². The van der Waals surface area contributed by atoms with E-state index >= 15 is 0 Å². The lowest BCUT2D eigenvalue weighted by molar-refractivity contribution is -0.0340. The fourth-order valence-electron chi connectivity index (χ4n) is 1.42. The molecule has 1 aliphatic heterocycles. The van der Waals surface area contributed by atoms with Gasteiger partial charge in [-0.25, -0.2) is 8.42 Å². The molecule has 1 heterocycles. The largest absolute Gasteiger partial charge is 0.388 e. The molecule has 3 nitrogen and oxygen atoms in total. The van der Waals surface area contributed by atoms with E-state index in [0.717, 1.165) is 0 Å². The maximum absolute atomic E-state index is 11.1. The molecule has 1 rings (SSSR count). The molecule has 0 aromatic carbocycles. The second-order valence-corrected chi connectivity index (χ2v) is 6.81. The molecular formula is C8H16O3S. The highest BCUT2D eigenvalue weighted by molar-refractivity contribution is 7.91. The molecule has 1 fully saturated rings. The normalized spacial score (nSPS) is 35.3. The Balaban J connectivity index is 2.93. The first-order valence-corrected chi connectivity index (χ1v) is 5.91. The molecule has 0 aromatic heterocycles. The topological polar surface area (TPSA) is 54.4 Å². The summed E-state index contributed by atoms with van der Waals surface area (Å²) in [6.45, 7) is 5.61. The number of rotatable bonds is 0. The predicted octanol–water partition coefficient (Wildman–Crippen LogP) is 0.582. The first-order chi connectivity index (χ1) is 5.16. The molecule has 0 saturated carbocycles. The van der Waals surface area contributed by atoms with Gasteiger partial charge in [0.25, 0.3) is 0 Å². The zero-order valence-corrected chi connectivity index (χ0v) is 8.61. The summed E-state index contributed by atoms with van der Waals surface area (Å²) in [4.78, 5) is 0. The van der Waals surface area contributed by atoms with Crippen LogP contribution < -0.4 is 0 Å². The van der Waals surface area contributed by atoms with Crippen molar-refractivity contribution in [1.29, 1.82) is 0 Å². The molecule has 0 aliphatic carbocycles. The van der Waals surface area contributed by atoms with Gasteiger partial charge < -0.3 is 5.11 Å². The summed E-state index contributed by atoms with van der Waals surface area (Å²) in [5.74, 6) is 0.0459. The molecule has 72 valence electrons. The second kappa shape index (κ2) is 2.45. The highest BCUT2D eigenvalue weighted by atomic mass is 32.2. The summed E-state index contributed by atoms with van der Waals surface area (Å²) in [6, 6.07) is 0. The smallest absolute Gasteiger partial charge is 0.153 e. The van der Waals surface area contributed by atoms with E-state index in [-0.39, 0.29) is 16.9 Å². The van der Waals surface area contributed by atoms with E-state index in [1.165, 1.54) is 0 Å². The van der Waals surface area contributed by atoms with Gasteiger partial charge in [-0.05, 0) is 11.8 Å². The fraction of sp³-hybridized carbons (Fsp3) is 1.00. The molecule has 0 aromatic rings. The van der Waals surface area contributed by atoms with Crippen molar-refractivity contribution in [2.24, 2.45) is 5.41 Å². The van der Waals surface area contributed by atoms with Crippen LogP contribution in [0, 0.1) is 5.41 Å². The lowest BCUT2D eigenvalue weighted by atomic mass is 9.76. The number of hydrogen-bond donors (Lipinski definition) is 1. The van der Waals surface area contributed by atoms with Crippen molar-refractivity contribution < 1.29 is 13.5 Å². The first-order valence-electron chi connectivity index (χ1n) is 4.09. The number of aliphatic hydroxyl groups is 1. The predicted molar refractivity (Wildman–Crippen MR) is 47.7 cm³/mol. The molecular weight excluding hydrogens is 176 g/mol. The molecule has 1 aliphatic rings. The number of hydrogen-bond acceptors (Lipinski definition) is 3. The van der Waals surface area contributed by atoms with Crippen LogP contribution in [0.4, 0.5) is 0 Å². The molecule has 1 saturated heterocycles. The van der Waals surface area contributed by atoms with Crippen LogP contribution in [0.5, 0.6) is 0 Å². The monoisotopic (exact) mass is 192 g/mol. The van der Waals surface area contributed by atoms with Gasteiger partial charge in [0.2, 0.25) is 0 Å². The molecule has 0 spiro atoms. The molecule has 12 heavy (non-hydrogen) atoms. The quantitative estimate of drug-likeness (QED) is 0.611. The SMILES string of the molecule is CC(C)(C)C1(O)CCS(=O)(=O)C1. The Labute approximate surface area is 73.7 Å². The van der Waals surface area contributed by atoms with Crippen LogP contribution in [0.25, 0.3) is 0 Å². The highest BCUT2D eigenvalue weighted by Gasteiger charge is 2.48. The Morgan fingerprint density at radius 2 is 1.83 bits per heavy atom. The van der Waals surface area contributed by atoms with Gasteiger partial charge >= 0.3 is 0 Å². The third kappa shape index (κ3) is 1.64. The minimum absolute atomic E-state index is 0.0799. The highest BCUT2D eigenvalue weighted by Crippen LogP contribution is 2.38. The van der Waals surface area contributed by atoms with Crippen molar-refractivity contribution in [1.82, 2.24) is 0 Å². The van der Waals surface area contributed by atoms with Gasteiger partial charge in [-0.2, -0.15) is 0 Å². The van der Waals surface area contributed by atoms with Crippen LogP contribution in [-0.4, -0.2) is 30.6 Å². The molecule has 1 atom stereocenters. The minimum Gasteiger partial charge on any atom is -0.388 e. The third-order valence-corrected chi connectivity index (χ3v) is 4.42. The lowest BCUT2D eigenvalue weighted by Gasteiger charge is -2.35. The van der Waals surface area contributed by atoms with Crippen LogP contribution in [0.15, 0.2) is 0 Å². The number of sulfone groups is 1. The van der Waals surface area contributed by atoms with Crippen molar-refractivity contribution in [2.75, 3.05) is 11.5 Å². The molecule has 1 unspecified atom stereocenters. The van der Waals surface area contributed by atoms with E-state index in [1.807, 2.05) is 20.8 Å². The van der Waals surface area contributed by atoms with Crippen molar-refractivity contribution >= 4 is 9.84 Å². The van der Waals surface area contributed by atoms with Crippen LogP contribution in [0.2, 0.25) is 0 Å². The average molecular weight is 192 g/mol. The van der Waals surface area contributed by atoms with E-state index in [0.29, 0.717) is 6.42 Å². The zero-order valence-electron chi connectivity index (χ0n) is 7.79. The van der Waals surface area contributed by atoms with Crippen molar-refractivity contribution in [3.05, 3.63) is 0 Å². The summed E-state index contributed by atoms with van der Waals surface area (Å²) in [5, 5.41) is 9.98. The van der Waals surface area contributed by atoms with E-state index in [9.17, 15) is 13.5 Å². The van der Waals surface area contributed by atoms with Gasteiger partial charge in [-0.3, -0.25) is 0 Å². The van der Waals surface area contributed by atoms with Crippen LogP contribution in [0.1, 0.15) is 27.2 Å². The summed E-state index contributed by atoms with van der Waals surface area (Å²) in [5.41, 5.74) is -1.37. The van der Waals surface area contributed by atoms with Gasteiger partial charge in [0.15, 0.2) is 9.84 Å². The minimum atomic E-state index is -2.99. The Bertz CT molecular complexity index is 273. The van der Waals surface area contributed by atoms with E-state index < -0.39 is 15.4 Å². The van der Waals surface area contributed by atoms with Crippen molar-refractivity contribution in [3.63, 3.8) is 0 Å². The Kier molecular flexibility index (Phi) is 2.04. The van der Waals surface area contributed by atoms with E-state index in [1.54, 1.807) is 0 Å². The third-order valence-electron chi connectivity index (χ3n) is 2.68. The summed E-state index contributed by atoms with van der Waals surface area (Å²) >= 11 is 0.